The van der Waals surface area contributed by atoms with Crippen molar-refractivity contribution in [3.63, 3.8) is 0 Å². The van der Waals surface area contributed by atoms with Gasteiger partial charge in [-0.1, -0.05) is 48.5 Å². The van der Waals surface area contributed by atoms with Gasteiger partial charge in [-0.3, -0.25) is 4.99 Å². The Morgan fingerprint density at radius 1 is 0.963 bits per heavy atom. The summed E-state index contributed by atoms with van der Waals surface area (Å²) in [5, 5.41) is 7.92. The number of aliphatic imine (C=N–C) groups is 1. The van der Waals surface area contributed by atoms with Crippen molar-refractivity contribution < 1.29 is 0 Å². The van der Waals surface area contributed by atoms with Gasteiger partial charge in [0.05, 0.1) is 5.52 Å². The number of nitrogens with one attached hydrogen (secondary N) is 2. The fourth-order valence-corrected chi connectivity index (χ4v) is 2.79. The summed E-state index contributed by atoms with van der Waals surface area (Å²) >= 11 is 0. The summed E-state index contributed by atoms with van der Waals surface area (Å²) < 4.78 is 0. The highest BCUT2D eigenvalue weighted by Crippen LogP contribution is 2.21. The third kappa shape index (κ3) is 5.56. The van der Waals surface area contributed by atoms with E-state index in [4.69, 9.17) is 4.98 Å². The predicted octanol–water partition coefficient (Wildman–Crippen LogP) is 3.78. The maximum absolute atomic E-state index is 4.71. The number of rotatable bonds is 5. The van der Waals surface area contributed by atoms with Crippen molar-refractivity contribution in [2.24, 2.45) is 4.99 Å². The van der Waals surface area contributed by atoms with Gasteiger partial charge >= 0.3 is 0 Å². The number of guanidine groups is 1. The van der Waals surface area contributed by atoms with Crippen LogP contribution >= 0.6 is 24.0 Å². The van der Waals surface area contributed by atoms with Crippen LogP contribution in [0, 0.1) is 0 Å². The third-order valence-electron chi connectivity index (χ3n) is 4.22. The summed E-state index contributed by atoms with van der Waals surface area (Å²) in [6.07, 6.45) is 0. The first-order valence-electron chi connectivity index (χ1n) is 8.72. The van der Waals surface area contributed by atoms with E-state index in [9.17, 15) is 0 Å². The lowest BCUT2D eigenvalue weighted by atomic mass is 10.1. The number of hydrogen-bond acceptors (Lipinski definition) is 3. The van der Waals surface area contributed by atoms with E-state index < -0.39 is 0 Å². The first kappa shape index (κ1) is 21.0. The standard InChI is InChI=1S/C21H25N5.HI/c1-22-21(23-14-16-9-5-4-6-10-16)24-15-17-13-20(26(2)3)25-19-12-8-7-11-18(17)19;/h4-13H,14-15H2,1-3H3,(H2,22,23,24);1H. The molecule has 0 bridgehead atoms. The van der Waals surface area contributed by atoms with Crippen LogP contribution in [0.5, 0.6) is 0 Å². The van der Waals surface area contributed by atoms with Crippen molar-refractivity contribution in [1.29, 1.82) is 0 Å². The van der Waals surface area contributed by atoms with Crippen LogP contribution in [-0.4, -0.2) is 32.1 Å². The van der Waals surface area contributed by atoms with Crippen LogP contribution in [0.4, 0.5) is 5.82 Å². The number of pyridine rings is 1. The first-order valence-corrected chi connectivity index (χ1v) is 8.72. The highest BCUT2D eigenvalue weighted by molar-refractivity contribution is 14.0. The quantitative estimate of drug-likeness (QED) is 0.335. The second-order valence-electron chi connectivity index (χ2n) is 6.32. The number of benzene rings is 2. The van der Waals surface area contributed by atoms with E-state index >= 15 is 0 Å². The zero-order chi connectivity index (χ0) is 18.4. The van der Waals surface area contributed by atoms with Gasteiger partial charge in [0.15, 0.2) is 5.96 Å². The molecule has 0 saturated heterocycles. The molecule has 0 atom stereocenters. The average molecular weight is 475 g/mol. The van der Waals surface area contributed by atoms with Crippen LogP contribution in [0.25, 0.3) is 10.9 Å². The van der Waals surface area contributed by atoms with Crippen LogP contribution in [0.2, 0.25) is 0 Å². The van der Waals surface area contributed by atoms with Crippen molar-refractivity contribution in [3.05, 3.63) is 71.8 Å². The molecule has 0 spiro atoms. The predicted molar refractivity (Wildman–Crippen MR) is 125 cm³/mol. The highest BCUT2D eigenvalue weighted by Gasteiger charge is 2.08. The lowest BCUT2D eigenvalue weighted by Gasteiger charge is -2.17. The lowest BCUT2D eigenvalue weighted by molar-refractivity contribution is 0.811. The van der Waals surface area contributed by atoms with Crippen LogP contribution in [0.15, 0.2) is 65.7 Å². The van der Waals surface area contributed by atoms with Crippen molar-refractivity contribution in [3.8, 4) is 0 Å². The Hall–Kier alpha value is -2.35. The topological polar surface area (TPSA) is 52.6 Å². The van der Waals surface area contributed by atoms with Crippen LogP contribution in [0.1, 0.15) is 11.1 Å². The second kappa shape index (κ2) is 10.1. The van der Waals surface area contributed by atoms with Crippen LogP contribution in [0.3, 0.4) is 0 Å². The largest absolute Gasteiger partial charge is 0.363 e. The summed E-state index contributed by atoms with van der Waals surface area (Å²) in [5.41, 5.74) is 3.42. The summed E-state index contributed by atoms with van der Waals surface area (Å²) in [7, 11) is 5.81. The van der Waals surface area contributed by atoms with Gasteiger partial charge in [0, 0.05) is 39.6 Å². The Balaban J connectivity index is 0.00000261. The second-order valence-corrected chi connectivity index (χ2v) is 6.32. The van der Waals surface area contributed by atoms with Crippen LogP contribution < -0.4 is 15.5 Å². The smallest absolute Gasteiger partial charge is 0.191 e. The van der Waals surface area contributed by atoms with Crippen molar-refractivity contribution >= 4 is 46.7 Å². The summed E-state index contributed by atoms with van der Waals surface area (Å²) in [6, 6.07) is 20.6. The van der Waals surface area contributed by atoms with E-state index in [0.717, 1.165) is 29.2 Å². The van der Waals surface area contributed by atoms with Crippen molar-refractivity contribution in [1.82, 2.24) is 15.6 Å². The van der Waals surface area contributed by atoms with Gasteiger partial charge in [-0.2, -0.15) is 0 Å². The number of hydrogen-bond donors (Lipinski definition) is 2. The molecule has 3 aromatic rings. The molecule has 2 aromatic carbocycles. The molecule has 1 heterocycles. The van der Waals surface area contributed by atoms with E-state index in [-0.39, 0.29) is 24.0 Å². The fourth-order valence-electron chi connectivity index (χ4n) is 2.79. The molecule has 0 amide bonds. The number of nitrogens with zero attached hydrogens (tertiary/aromatic N) is 3. The van der Waals surface area contributed by atoms with E-state index in [0.29, 0.717) is 6.54 Å². The lowest BCUT2D eigenvalue weighted by Crippen LogP contribution is -2.36. The highest BCUT2D eigenvalue weighted by atomic mass is 127. The minimum absolute atomic E-state index is 0. The molecular weight excluding hydrogens is 449 g/mol. The molecule has 5 nitrogen and oxygen atoms in total. The van der Waals surface area contributed by atoms with E-state index in [1.54, 1.807) is 7.05 Å². The van der Waals surface area contributed by atoms with E-state index in [2.05, 4.69) is 39.9 Å². The molecule has 0 aliphatic rings. The Morgan fingerprint density at radius 3 is 2.33 bits per heavy atom. The Bertz CT molecular complexity index is 893. The molecule has 0 aliphatic carbocycles. The summed E-state index contributed by atoms with van der Waals surface area (Å²) in [6.45, 7) is 1.42. The minimum Gasteiger partial charge on any atom is -0.363 e. The molecule has 1 aromatic heterocycles. The first-order chi connectivity index (χ1) is 12.7. The van der Waals surface area contributed by atoms with Crippen molar-refractivity contribution in [2.75, 3.05) is 26.0 Å². The monoisotopic (exact) mass is 475 g/mol. The van der Waals surface area contributed by atoms with Gasteiger partial charge in [0.25, 0.3) is 0 Å². The Labute approximate surface area is 177 Å². The number of fused-ring (bicyclic) bond motifs is 1. The molecule has 6 heteroatoms. The molecule has 0 aliphatic heterocycles. The number of aromatic nitrogens is 1. The van der Waals surface area contributed by atoms with Crippen molar-refractivity contribution in [2.45, 2.75) is 13.1 Å². The molecule has 0 fully saturated rings. The van der Waals surface area contributed by atoms with Gasteiger partial charge in [0.2, 0.25) is 0 Å². The number of halogens is 1. The van der Waals surface area contributed by atoms with Gasteiger partial charge in [0.1, 0.15) is 5.82 Å². The normalized spacial score (nSPS) is 11.0. The molecule has 27 heavy (non-hydrogen) atoms. The fraction of sp³-hybridized carbons (Fsp3) is 0.238. The maximum Gasteiger partial charge on any atom is 0.191 e. The molecule has 142 valence electrons. The van der Waals surface area contributed by atoms with Crippen LogP contribution in [-0.2, 0) is 13.1 Å². The molecule has 0 radical (unpaired) electrons. The molecule has 2 N–H and O–H groups in total. The van der Waals surface area contributed by atoms with Gasteiger partial charge in [-0.05, 0) is 23.3 Å². The van der Waals surface area contributed by atoms with Gasteiger partial charge in [-0.15, -0.1) is 24.0 Å². The molecule has 0 unspecified atom stereocenters. The number of para-hydroxylation sites is 1. The number of anilines is 1. The Kier molecular flexibility index (Phi) is 7.84. The third-order valence-corrected chi connectivity index (χ3v) is 4.22. The van der Waals surface area contributed by atoms with E-state index in [1.165, 1.54) is 11.1 Å². The zero-order valence-corrected chi connectivity index (χ0v) is 18.3. The minimum atomic E-state index is 0. The summed E-state index contributed by atoms with van der Waals surface area (Å²) in [4.78, 5) is 11.1. The van der Waals surface area contributed by atoms with Gasteiger partial charge < -0.3 is 15.5 Å². The molecular formula is C21H26IN5. The molecule has 0 saturated carbocycles. The Morgan fingerprint density at radius 2 is 1.63 bits per heavy atom. The SMILES string of the molecule is CN=C(NCc1ccccc1)NCc1cc(N(C)C)nc2ccccc12.I. The molecule has 3 rings (SSSR count). The zero-order valence-electron chi connectivity index (χ0n) is 15.9. The summed E-state index contributed by atoms with van der Waals surface area (Å²) in [5.74, 6) is 1.73. The van der Waals surface area contributed by atoms with E-state index in [1.807, 2.05) is 55.4 Å². The average Bonchev–Trinajstić information content (AvgIpc) is 2.68. The maximum atomic E-state index is 4.71. The van der Waals surface area contributed by atoms with Gasteiger partial charge in [-0.25, -0.2) is 4.98 Å².